The van der Waals surface area contributed by atoms with Crippen LogP contribution in [-0.2, 0) is 12.6 Å². The van der Waals surface area contributed by atoms with Gasteiger partial charge in [-0.3, -0.25) is 14.5 Å². The summed E-state index contributed by atoms with van der Waals surface area (Å²) in [7, 11) is 0. The second kappa shape index (κ2) is 7.59. The average Bonchev–Trinajstić information content (AvgIpc) is 3.17. The number of amides is 1. The van der Waals surface area contributed by atoms with Gasteiger partial charge in [0.15, 0.2) is 0 Å². The van der Waals surface area contributed by atoms with Crippen LogP contribution in [0.25, 0.3) is 11.1 Å². The third-order valence-corrected chi connectivity index (χ3v) is 5.25. The number of anilines is 1. The van der Waals surface area contributed by atoms with Crippen molar-refractivity contribution in [2.75, 3.05) is 11.4 Å². The molecule has 0 unspecified atom stereocenters. The van der Waals surface area contributed by atoms with Gasteiger partial charge in [0.25, 0.3) is 5.91 Å². The van der Waals surface area contributed by atoms with Crippen LogP contribution in [-0.4, -0.2) is 27.2 Å². The quantitative estimate of drug-likeness (QED) is 0.594. The normalized spacial score (nSPS) is 16.6. The maximum absolute atomic E-state index is 13.3. The molecule has 1 amide bonds. The summed E-state index contributed by atoms with van der Waals surface area (Å²) in [6, 6.07) is 8.35. The summed E-state index contributed by atoms with van der Waals surface area (Å²) in [6.45, 7) is 4.33. The Bertz CT molecular complexity index is 1070. The second-order valence-corrected chi connectivity index (χ2v) is 7.45. The Morgan fingerprint density at radius 1 is 1.17 bits per heavy atom. The molecule has 1 atom stereocenters. The van der Waals surface area contributed by atoms with E-state index in [-0.39, 0.29) is 11.9 Å². The van der Waals surface area contributed by atoms with Crippen LogP contribution in [0.5, 0.6) is 0 Å². The molecule has 0 fully saturated rings. The molecule has 2 aromatic heterocycles. The molecule has 0 N–H and O–H groups in total. The van der Waals surface area contributed by atoms with Gasteiger partial charge in [-0.1, -0.05) is 13.3 Å². The van der Waals surface area contributed by atoms with E-state index in [1.54, 1.807) is 17.1 Å². The maximum Gasteiger partial charge on any atom is 0.416 e. The molecule has 30 heavy (non-hydrogen) atoms. The van der Waals surface area contributed by atoms with Crippen molar-refractivity contribution in [1.82, 2.24) is 14.8 Å². The maximum atomic E-state index is 13.3. The fraction of sp³-hybridized carbons (Fsp3) is 0.318. The van der Waals surface area contributed by atoms with E-state index in [0.717, 1.165) is 36.2 Å². The molecule has 0 bridgehead atoms. The van der Waals surface area contributed by atoms with Crippen molar-refractivity contribution in [1.29, 1.82) is 0 Å². The SMILES string of the molecule is CCCc1cc(-c2cnn3c2C(=O)N(c2ccc(C(F)(F)F)cc2)C[C@@H]3C)ccn1. The van der Waals surface area contributed by atoms with E-state index in [1.807, 2.05) is 19.1 Å². The van der Waals surface area contributed by atoms with E-state index in [4.69, 9.17) is 0 Å². The topological polar surface area (TPSA) is 51.0 Å². The van der Waals surface area contributed by atoms with Crippen LogP contribution in [0.15, 0.2) is 48.8 Å². The zero-order valence-electron chi connectivity index (χ0n) is 16.6. The molecule has 8 heteroatoms. The highest BCUT2D eigenvalue weighted by molar-refractivity contribution is 6.09. The van der Waals surface area contributed by atoms with Crippen LogP contribution in [0.4, 0.5) is 18.9 Å². The van der Waals surface area contributed by atoms with Gasteiger partial charge in [0.1, 0.15) is 5.69 Å². The number of benzene rings is 1. The van der Waals surface area contributed by atoms with Crippen LogP contribution >= 0.6 is 0 Å². The van der Waals surface area contributed by atoms with Crippen LogP contribution < -0.4 is 4.90 Å². The molecule has 1 aromatic carbocycles. The molecule has 1 aliphatic rings. The number of rotatable bonds is 4. The number of carbonyl (C=O) groups excluding carboxylic acids is 1. The van der Waals surface area contributed by atoms with Gasteiger partial charge in [0, 0.05) is 29.7 Å². The van der Waals surface area contributed by atoms with E-state index < -0.39 is 11.7 Å². The third-order valence-electron chi connectivity index (χ3n) is 5.25. The summed E-state index contributed by atoms with van der Waals surface area (Å²) in [5, 5.41) is 4.41. The van der Waals surface area contributed by atoms with Gasteiger partial charge in [-0.05, 0) is 55.3 Å². The summed E-state index contributed by atoms with van der Waals surface area (Å²) in [6.07, 6.45) is 0.764. The van der Waals surface area contributed by atoms with E-state index >= 15 is 0 Å². The predicted octanol–water partition coefficient (Wildman–Crippen LogP) is 5.14. The van der Waals surface area contributed by atoms with Crippen molar-refractivity contribution in [3.8, 4) is 11.1 Å². The molecule has 5 nitrogen and oxygen atoms in total. The van der Waals surface area contributed by atoms with Crippen molar-refractivity contribution in [2.24, 2.45) is 0 Å². The molecule has 156 valence electrons. The first kappa shape index (κ1) is 20.1. The Morgan fingerprint density at radius 3 is 2.57 bits per heavy atom. The summed E-state index contributed by atoms with van der Waals surface area (Å²) >= 11 is 0. The van der Waals surface area contributed by atoms with Crippen molar-refractivity contribution < 1.29 is 18.0 Å². The number of aryl methyl sites for hydroxylation is 1. The number of nitrogens with zero attached hydrogens (tertiary/aromatic N) is 4. The number of fused-ring (bicyclic) bond motifs is 1. The molecular weight excluding hydrogens is 393 g/mol. The number of alkyl halides is 3. The summed E-state index contributed by atoms with van der Waals surface area (Å²) in [4.78, 5) is 19.2. The van der Waals surface area contributed by atoms with Crippen molar-refractivity contribution in [3.05, 3.63) is 65.7 Å². The molecule has 3 aromatic rings. The van der Waals surface area contributed by atoms with Crippen molar-refractivity contribution >= 4 is 11.6 Å². The highest BCUT2D eigenvalue weighted by Gasteiger charge is 2.35. The summed E-state index contributed by atoms with van der Waals surface area (Å²) in [5.41, 5.74) is 2.61. The van der Waals surface area contributed by atoms with Crippen molar-refractivity contribution in [2.45, 2.75) is 38.9 Å². The molecule has 3 heterocycles. The molecular formula is C22H21F3N4O. The Balaban J connectivity index is 1.72. The average molecular weight is 414 g/mol. The highest BCUT2D eigenvalue weighted by atomic mass is 19.4. The Kier molecular flexibility index (Phi) is 5.09. The number of aromatic nitrogens is 3. The first-order valence-electron chi connectivity index (χ1n) is 9.81. The van der Waals surface area contributed by atoms with Gasteiger partial charge in [0.05, 0.1) is 17.8 Å². The number of pyridine rings is 1. The van der Waals surface area contributed by atoms with E-state index in [9.17, 15) is 18.0 Å². The van der Waals surface area contributed by atoms with Gasteiger partial charge in [0.2, 0.25) is 0 Å². The van der Waals surface area contributed by atoms with Gasteiger partial charge in [-0.25, -0.2) is 0 Å². The largest absolute Gasteiger partial charge is 0.416 e. The number of hydrogen-bond donors (Lipinski definition) is 0. The fourth-order valence-corrected chi connectivity index (χ4v) is 3.76. The molecule has 0 aliphatic carbocycles. The van der Waals surface area contributed by atoms with Gasteiger partial charge >= 0.3 is 6.18 Å². The lowest BCUT2D eigenvalue weighted by atomic mass is 10.0. The molecule has 0 saturated carbocycles. The highest BCUT2D eigenvalue weighted by Crippen LogP contribution is 2.35. The van der Waals surface area contributed by atoms with Gasteiger partial charge in [-0.2, -0.15) is 18.3 Å². The van der Waals surface area contributed by atoms with Crippen LogP contribution in [0.3, 0.4) is 0 Å². The van der Waals surface area contributed by atoms with Gasteiger partial charge < -0.3 is 4.90 Å². The smallest absolute Gasteiger partial charge is 0.305 e. The number of halogens is 3. The molecule has 4 rings (SSSR count). The zero-order chi connectivity index (χ0) is 21.5. The van der Waals surface area contributed by atoms with E-state index in [2.05, 4.69) is 17.0 Å². The number of carbonyl (C=O) groups is 1. The monoisotopic (exact) mass is 414 g/mol. The predicted molar refractivity (Wildman–Crippen MR) is 107 cm³/mol. The molecule has 0 radical (unpaired) electrons. The minimum Gasteiger partial charge on any atom is -0.305 e. The number of hydrogen-bond acceptors (Lipinski definition) is 3. The molecule has 1 aliphatic heterocycles. The Hall–Kier alpha value is -3.16. The lowest BCUT2D eigenvalue weighted by molar-refractivity contribution is -0.137. The Labute approximate surface area is 172 Å². The Morgan fingerprint density at radius 2 is 1.90 bits per heavy atom. The minimum absolute atomic E-state index is 0.120. The summed E-state index contributed by atoms with van der Waals surface area (Å²) < 4.78 is 40.4. The van der Waals surface area contributed by atoms with Crippen LogP contribution in [0, 0.1) is 0 Å². The lowest BCUT2D eigenvalue weighted by Gasteiger charge is -2.32. The molecule has 0 saturated heterocycles. The van der Waals surface area contributed by atoms with Crippen molar-refractivity contribution in [3.63, 3.8) is 0 Å². The summed E-state index contributed by atoms with van der Waals surface area (Å²) in [5.74, 6) is -0.283. The van der Waals surface area contributed by atoms with Gasteiger partial charge in [-0.15, -0.1) is 0 Å². The zero-order valence-corrected chi connectivity index (χ0v) is 16.6. The standard InChI is InChI=1S/C22H21F3N4O/c1-3-4-17-11-15(9-10-26-17)19-12-27-29-14(2)13-28(21(30)20(19)29)18-7-5-16(6-8-18)22(23,24)25/h5-12,14H,3-4,13H2,1-2H3/t14-/m0/s1. The van der Waals surface area contributed by atoms with E-state index in [1.165, 1.54) is 17.0 Å². The lowest BCUT2D eigenvalue weighted by Crippen LogP contribution is -2.42. The third kappa shape index (κ3) is 3.58. The van der Waals surface area contributed by atoms with E-state index in [0.29, 0.717) is 23.5 Å². The first-order chi connectivity index (χ1) is 14.3. The van der Waals surface area contributed by atoms with Crippen LogP contribution in [0.2, 0.25) is 0 Å². The molecule has 0 spiro atoms. The van der Waals surface area contributed by atoms with Crippen LogP contribution in [0.1, 0.15) is 48.1 Å². The second-order valence-electron chi connectivity index (χ2n) is 7.45. The minimum atomic E-state index is -4.42. The first-order valence-corrected chi connectivity index (χ1v) is 9.81. The fourth-order valence-electron chi connectivity index (χ4n) is 3.76.